The number of nitrogens with zero attached hydrogens (tertiary/aromatic N) is 5. The molecule has 2 fully saturated rings. The molecule has 0 spiro atoms. The Bertz CT molecular complexity index is 1430. The lowest BCUT2D eigenvalue weighted by molar-refractivity contribution is 0.0607. The van der Waals surface area contributed by atoms with Crippen molar-refractivity contribution in [1.29, 1.82) is 0 Å². The number of halogens is 1. The topological polar surface area (TPSA) is 120 Å². The van der Waals surface area contributed by atoms with Crippen LogP contribution in [-0.4, -0.2) is 70.9 Å². The van der Waals surface area contributed by atoms with E-state index in [2.05, 4.69) is 9.62 Å². The number of aromatic nitrogens is 3. The van der Waals surface area contributed by atoms with E-state index in [1.807, 2.05) is 19.2 Å². The zero-order valence-corrected chi connectivity index (χ0v) is 22.5. The molecule has 0 radical (unpaired) electrons. The van der Waals surface area contributed by atoms with E-state index < -0.39 is 10.0 Å². The smallest absolute Gasteiger partial charge is 0.256 e. The highest BCUT2D eigenvalue weighted by Gasteiger charge is 2.32. The van der Waals surface area contributed by atoms with Gasteiger partial charge in [-0.2, -0.15) is 5.10 Å². The molecule has 0 bridgehead atoms. The van der Waals surface area contributed by atoms with Crippen molar-refractivity contribution in [3.63, 3.8) is 0 Å². The molecule has 0 saturated carbocycles. The number of rotatable bonds is 5. The number of hydrogen-bond donors (Lipinski definition) is 2. The molecule has 0 aliphatic carbocycles. The Morgan fingerprint density at radius 2 is 1.89 bits per heavy atom. The number of likely N-dealkylation sites (tertiary alicyclic amines) is 1. The number of aliphatic hydroxyl groups is 1. The number of fused-ring (bicyclic) bond motifs is 1. The van der Waals surface area contributed by atoms with Gasteiger partial charge < -0.3 is 14.9 Å². The van der Waals surface area contributed by atoms with Gasteiger partial charge in [-0.3, -0.25) is 9.52 Å². The minimum Gasteiger partial charge on any atom is -0.393 e. The maximum atomic E-state index is 13.8. The molecule has 5 rings (SSSR count). The molecule has 4 heterocycles. The summed E-state index contributed by atoms with van der Waals surface area (Å²) in [6.07, 6.45) is 6.70. The Hall–Kier alpha value is -2.89. The van der Waals surface area contributed by atoms with Crippen molar-refractivity contribution in [2.24, 2.45) is 0 Å². The molecule has 1 aromatic carbocycles. The molecule has 2 aliphatic heterocycles. The predicted molar refractivity (Wildman–Crippen MR) is 143 cm³/mol. The van der Waals surface area contributed by atoms with Gasteiger partial charge in [-0.05, 0) is 57.2 Å². The number of benzene rings is 1. The number of carbonyl (C=O) groups is 1. The van der Waals surface area contributed by atoms with Crippen LogP contribution in [0.15, 0.2) is 30.5 Å². The van der Waals surface area contributed by atoms with Crippen molar-refractivity contribution in [3.8, 4) is 0 Å². The summed E-state index contributed by atoms with van der Waals surface area (Å²) in [5.41, 5.74) is 2.83. The van der Waals surface area contributed by atoms with Crippen LogP contribution < -0.4 is 9.62 Å². The van der Waals surface area contributed by atoms with Crippen molar-refractivity contribution in [2.75, 3.05) is 35.5 Å². The van der Waals surface area contributed by atoms with E-state index in [9.17, 15) is 18.3 Å². The summed E-state index contributed by atoms with van der Waals surface area (Å²) in [4.78, 5) is 22.6. The summed E-state index contributed by atoms with van der Waals surface area (Å²) >= 11 is 6.19. The predicted octanol–water partition coefficient (Wildman–Crippen LogP) is 3.39. The Kier molecular flexibility index (Phi) is 7.03. The van der Waals surface area contributed by atoms with Crippen LogP contribution in [0, 0.1) is 6.92 Å². The maximum absolute atomic E-state index is 13.8. The van der Waals surface area contributed by atoms with Gasteiger partial charge in [0.1, 0.15) is 5.82 Å². The van der Waals surface area contributed by atoms with E-state index >= 15 is 0 Å². The Labute approximate surface area is 221 Å². The van der Waals surface area contributed by atoms with Gasteiger partial charge in [-0.1, -0.05) is 11.6 Å². The van der Waals surface area contributed by atoms with E-state index in [-0.39, 0.29) is 29.3 Å². The fourth-order valence-corrected chi connectivity index (χ4v) is 5.95. The first kappa shape index (κ1) is 25.7. The van der Waals surface area contributed by atoms with E-state index in [4.69, 9.17) is 21.7 Å². The molecule has 2 N–H and O–H groups in total. The maximum Gasteiger partial charge on any atom is 0.256 e. The number of aliphatic hydroxyl groups excluding tert-OH is 1. The van der Waals surface area contributed by atoms with Crippen LogP contribution in [0.3, 0.4) is 0 Å². The number of nitrogens with one attached hydrogen (secondary N) is 1. The summed E-state index contributed by atoms with van der Waals surface area (Å²) in [6, 6.07) is 6.21. The normalized spacial score (nSPS) is 19.4. The molecule has 1 atom stereocenters. The second kappa shape index (κ2) is 10.1. The van der Waals surface area contributed by atoms with Crippen LogP contribution in [-0.2, 0) is 10.0 Å². The lowest BCUT2D eigenvalue weighted by Gasteiger charge is -2.35. The fraction of sp³-hybridized carbons (Fsp3) is 0.480. The summed E-state index contributed by atoms with van der Waals surface area (Å²) in [7, 11) is -3.59. The minimum absolute atomic E-state index is 0.199. The van der Waals surface area contributed by atoms with Gasteiger partial charge in [0.2, 0.25) is 10.0 Å². The first-order valence-electron chi connectivity index (χ1n) is 12.5. The van der Waals surface area contributed by atoms with Crippen molar-refractivity contribution in [1.82, 2.24) is 19.5 Å². The molecule has 198 valence electrons. The van der Waals surface area contributed by atoms with Gasteiger partial charge in [0.05, 0.1) is 35.3 Å². The monoisotopic (exact) mass is 546 g/mol. The van der Waals surface area contributed by atoms with Gasteiger partial charge in [0, 0.05) is 42.5 Å². The number of amides is 1. The molecule has 2 aromatic heterocycles. The molecule has 1 amide bonds. The third-order valence-electron chi connectivity index (χ3n) is 7.00. The van der Waals surface area contributed by atoms with Crippen molar-refractivity contribution >= 4 is 44.7 Å². The van der Waals surface area contributed by atoms with Crippen LogP contribution in [0.2, 0.25) is 5.02 Å². The van der Waals surface area contributed by atoms with Crippen LogP contribution in [0.5, 0.6) is 0 Å². The highest BCUT2D eigenvalue weighted by molar-refractivity contribution is 7.92. The SMILES string of the molecule is Cc1cn2nc(C3CCCCN3C(=O)c3cc(Cl)ccc3NS(C)(=O)=O)cc2nc1N1CCC(O)CC1. The van der Waals surface area contributed by atoms with E-state index in [1.165, 1.54) is 12.1 Å². The molecular formula is C25H31ClN6O4S. The second-order valence-electron chi connectivity index (χ2n) is 9.91. The van der Waals surface area contributed by atoms with E-state index in [0.717, 1.165) is 68.5 Å². The molecular weight excluding hydrogens is 516 g/mol. The zero-order valence-electron chi connectivity index (χ0n) is 20.9. The first-order valence-corrected chi connectivity index (χ1v) is 14.7. The number of anilines is 2. The van der Waals surface area contributed by atoms with E-state index in [0.29, 0.717) is 17.2 Å². The third kappa shape index (κ3) is 5.53. The third-order valence-corrected chi connectivity index (χ3v) is 7.83. The van der Waals surface area contributed by atoms with Crippen LogP contribution in [0.4, 0.5) is 11.5 Å². The summed E-state index contributed by atoms with van der Waals surface area (Å²) in [6.45, 7) is 4.02. The zero-order chi connectivity index (χ0) is 26.3. The fourth-order valence-electron chi connectivity index (χ4n) is 5.20. The van der Waals surface area contributed by atoms with Crippen molar-refractivity contribution in [3.05, 3.63) is 52.3 Å². The summed E-state index contributed by atoms with van der Waals surface area (Å²) < 4.78 is 28.0. The molecule has 2 saturated heterocycles. The molecule has 2 aliphatic rings. The van der Waals surface area contributed by atoms with Crippen LogP contribution in [0.1, 0.15) is 59.8 Å². The van der Waals surface area contributed by atoms with E-state index in [1.54, 1.807) is 15.5 Å². The van der Waals surface area contributed by atoms with Gasteiger partial charge in [0.25, 0.3) is 5.91 Å². The van der Waals surface area contributed by atoms with Crippen LogP contribution >= 0.6 is 11.6 Å². The number of hydrogen-bond acceptors (Lipinski definition) is 7. The Balaban J connectivity index is 1.47. The van der Waals surface area contributed by atoms with Gasteiger partial charge >= 0.3 is 0 Å². The molecule has 3 aromatic rings. The molecule has 37 heavy (non-hydrogen) atoms. The average molecular weight is 547 g/mol. The van der Waals surface area contributed by atoms with Gasteiger partial charge in [-0.15, -0.1) is 0 Å². The highest BCUT2D eigenvalue weighted by atomic mass is 35.5. The van der Waals surface area contributed by atoms with Crippen molar-refractivity contribution < 1.29 is 18.3 Å². The van der Waals surface area contributed by atoms with Gasteiger partial charge in [-0.25, -0.2) is 17.9 Å². The lowest BCUT2D eigenvalue weighted by atomic mass is 9.98. The first-order chi connectivity index (χ1) is 17.6. The highest BCUT2D eigenvalue weighted by Crippen LogP contribution is 2.34. The van der Waals surface area contributed by atoms with Gasteiger partial charge in [0.15, 0.2) is 5.65 Å². The number of piperidine rings is 2. The summed E-state index contributed by atoms with van der Waals surface area (Å²) in [5.74, 6) is 0.588. The second-order valence-corrected chi connectivity index (χ2v) is 12.1. The average Bonchev–Trinajstić information content (AvgIpc) is 3.26. The Morgan fingerprint density at radius 3 is 2.62 bits per heavy atom. The molecule has 12 heteroatoms. The minimum atomic E-state index is -3.59. The van der Waals surface area contributed by atoms with Crippen molar-refractivity contribution in [2.45, 2.75) is 51.2 Å². The number of sulfonamides is 1. The Morgan fingerprint density at radius 1 is 1.14 bits per heavy atom. The van der Waals surface area contributed by atoms with Crippen LogP contribution in [0.25, 0.3) is 5.65 Å². The largest absolute Gasteiger partial charge is 0.393 e. The number of aryl methyl sites for hydroxylation is 1. The number of carbonyl (C=O) groups excluding carboxylic acids is 1. The quantitative estimate of drug-likeness (QED) is 0.503. The summed E-state index contributed by atoms with van der Waals surface area (Å²) in [5, 5.41) is 15.0. The lowest BCUT2D eigenvalue weighted by Crippen LogP contribution is -2.39. The standard InChI is InChI=1S/C25H31ClN6O4S/c1-16-15-32-23(27-24(16)30-11-8-18(33)9-12-30)14-21(28-32)22-5-3-4-10-31(22)25(34)19-13-17(26)6-7-20(19)29-37(2,35)36/h6-7,13-15,18,22,29,33H,3-5,8-12H2,1-2H3. The molecule has 1 unspecified atom stereocenters. The molecule has 10 nitrogen and oxygen atoms in total.